The van der Waals surface area contributed by atoms with Crippen molar-refractivity contribution in [3.63, 3.8) is 0 Å². The minimum Gasteiger partial charge on any atom is -0.499 e. The Morgan fingerprint density at radius 2 is 2.20 bits per heavy atom. The number of fused-ring (bicyclic) bond motifs is 1. The van der Waals surface area contributed by atoms with Crippen LogP contribution in [0.15, 0.2) is 40.4 Å². The lowest BCUT2D eigenvalue weighted by Gasteiger charge is -2.15. The number of carbonyl (C=O) groups is 1. The molecule has 0 aliphatic carbocycles. The van der Waals surface area contributed by atoms with Crippen LogP contribution >= 0.6 is 22.6 Å². The fourth-order valence-electron chi connectivity index (χ4n) is 3.01. The average Bonchev–Trinajstić information content (AvgIpc) is 3.09. The first-order valence-corrected chi connectivity index (χ1v) is 9.99. The molecule has 1 aromatic carbocycles. The van der Waals surface area contributed by atoms with Crippen LogP contribution in [0.25, 0.3) is 11.0 Å². The van der Waals surface area contributed by atoms with Gasteiger partial charge in [0, 0.05) is 22.7 Å². The number of ether oxygens (including phenoxy) is 1. The lowest BCUT2D eigenvalue weighted by Crippen LogP contribution is -2.31. The van der Waals surface area contributed by atoms with E-state index in [1.807, 2.05) is 22.6 Å². The molecular weight excluding hydrogens is 508 g/mol. The standard InChI is InChI=1S/C20H19FIN3O5/c1-4-28-7-8-29-24-19(26)17-15(9-12-5-6-13(22)10-14(12)21)25(3)20(27)16-11(2)23-30-18(16)17/h4-6,10H,1,7-9H2,2-3H3,(H,24,26). The molecule has 10 heteroatoms. The van der Waals surface area contributed by atoms with Gasteiger partial charge in [-0.2, -0.15) is 0 Å². The maximum absolute atomic E-state index is 14.5. The first kappa shape index (κ1) is 22.0. The van der Waals surface area contributed by atoms with E-state index in [-0.39, 0.29) is 47.4 Å². The van der Waals surface area contributed by atoms with Gasteiger partial charge in [0.2, 0.25) is 0 Å². The molecule has 0 bridgehead atoms. The molecule has 158 valence electrons. The molecule has 3 rings (SSSR count). The summed E-state index contributed by atoms with van der Waals surface area (Å²) in [5.41, 5.74) is 2.95. The Labute approximate surface area is 184 Å². The summed E-state index contributed by atoms with van der Waals surface area (Å²) in [5.74, 6) is -1.08. The number of carbonyl (C=O) groups excluding carboxylic acids is 1. The summed E-state index contributed by atoms with van der Waals surface area (Å²) in [5, 5.41) is 4.01. The van der Waals surface area contributed by atoms with Crippen LogP contribution in [0.4, 0.5) is 4.39 Å². The van der Waals surface area contributed by atoms with Gasteiger partial charge in [0.05, 0.1) is 12.0 Å². The van der Waals surface area contributed by atoms with Crippen molar-refractivity contribution in [2.24, 2.45) is 7.05 Å². The molecule has 8 nitrogen and oxygen atoms in total. The van der Waals surface area contributed by atoms with Crippen LogP contribution in [0.5, 0.6) is 0 Å². The minimum atomic E-state index is -0.647. The largest absolute Gasteiger partial charge is 0.499 e. The first-order valence-electron chi connectivity index (χ1n) is 8.91. The number of aromatic nitrogens is 2. The Kier molecular flexibility index (Phi) is 6.87. The third-order valence-electron chi connectivity index (χ3n) is 4.49. The van der Waals surface area contributed by atoms with Gasteiger partial charge >= 0.3 is 0 Å². The smallest absolute Gasteiger partial charge is 0.280 e. The van der Waals surface area contributed by atoms with E-state index in [1.165, 1.54) is 23.9 Å². The van der Waals surface area contributed by atoms with E-state index in [2.05, 4.69) is 17.2 Å². The maximum Gasteiger partial charge on any atom is 0.280 e. The third-order valence-corrected chi connectivity index (χ3v) is 5.16. The highest BCUT2D eigenvalue weighted by atomic mass is 127. The summed E-state index contributed by atoms with van der Waals surface area (Å²) in [6.45, 7) is 5.28. The molecule has 0 aliphatic heterocycles. The molecule has 0 fully saturated rings. The van der Waals surface area contributed by atoms with Gasteiger partial charge in [-0.1, -0.05) is 17.8 Å². The van der Waals surface area contributed by atoms with Crippen molar-refractivity contribution in [2.75, 3.05) is 13.2 Å². The second-order valence-corrected chi connectivity index (χ2v) is 7.63. The zero-order valence-corrected chi connectivity index (χ0v) is 18.5. The third kappa shape index (κ3) is 4.38. The van der Waals surface area contributed by atoms with E-state index in [1.54, 1.807) is 19.1 Å². The Hall–Kier alpha value is -2.73. The topological polar surface area (TPSA) is 95.6 Å². The van der Waals surface area contributed by atoms with Crippen molar-refractivity contribution >= 4 is 39.5 Å². The van der Waals surface area contributed by atoms with Gasteiger partial charge in [-0.3, -0.25) is 14.4 Å². The number of hydroxylamine groups is 1. The van der Waals surface area contributed by atoms with Gasteiger partial charge in [0.25, 0.3) is 11.5 Å². The number of nitrogens with one attached hydrogen (secondary N) is 1. The molecule has 0 saturated heterocycles. The number of benzene rings is 1. The quantitative estimate of drug-likeness (QED) is 0.210. The second kappa shape index (κ2) is 9.39. The molecule has 0 unspecified atom stereocenters. The lowest BCUT2D eigenvalue weighted by molar-refractivity contribution is 0.0144. The van der Waals surface area contributed by atoms with Crippen LogP contribution in [0.2, 0.25) is 0 Å². The summed E-state index contributed by atoms with van der Waals surface area (Å²) in [4.78, 5) is 30.9. The van der Waals surface area contributed by atoms with Crippen LogP contribution in [-0.4, -0.2) is 28.8 Å². The molecule has 1 amide bonds. The number of nitrogens with zero attached hydrogens (tertiary/aromatic N) is 2. The van der Waals surface area contributed by atoms with E-state index in [0.717, 1.165) is 3.57 Å². The van der Waals surface area contributed by atoms with Crippen molar-refractivity contribution in [2.45, 2.75) is 13.3 Å². The van der Waals surface area contributed by atoms with Crippen molar-refractivity contribution < 1.29 is 23.3 Å². The molecule has 2 aromatic heterocycles. The van der Waals surface area contributed by atoms with Crippen molar-refractivity contribution in [3.05, 3.63) is 73.3 Å². The molecule has 2 heterocycles. The number of halogens is 2. The molecule has 3 aromatic rings. The summed E-state index contributed by atoms with van der Waals surface area (Å²) in [6, 6.07) is 4.74. The average molecular weight is 527 g/mol. The molecule has 0 spiro atoms. The van der Waals surface area contributed by atoms with Gasteiger partial charge in [0.15, 0.2) is 5.58 Å². The zero-order chi connectivity index (χ0) is 21.8. The zero-order valence-electron chi connectivity index (χ0n) is 16.3. The monoisotopic (exact) mass is 527 g/mol. The lowest BCUT2D eigenvalue weighted by atomic mass is 10.0. The van der Waals surface area contributed by atoms with Crippen LogP contribution in [-0.2, 0) is 23.0 Å². The first-order chi connectivity index (χ1) is 14.3. The van der Waals surface area contributed by atoms with Gasteiger partial charge in [-0.25, -0.2) is 9.87 Å². The second-order valence-electron chi connectivity index (χ2n) is 6.39. The predicted octanol–water partition coefficient (Wildman–Crippen LogP) is 2.99. The SMILES string of the molecule is C=COCCONC(=O)c1c(Cc2ccc(I)cc2F)n(C)c(=O)c2c(C)noc12. The molecule has 0 atom stereocenters. The highest BCUT2D eigenvalue weighted by molar-refractivity contribution is 14.1. The normalized spacial score (nSPS) is 10.9. The number of hydrogen-bond acceptors (Lipinski definition) is 6. The van der Waals surface area contributed by atoms with Gasteiger partial charge in [0.1, 0.15) is 30.0 Å². The highest BCUT2D eigenvalue weighted by Gasteiger charge is 2.26. The fourth-order valence-corrected chi connectivity index (χ4v) is 3.46. The van der Waals surface area contributed by atoms with Crippen LogP contribution in [0.1, 0.15) is 27.3 Å². The molecule has 30 heavy (non-hydrogen) atoms. The van der Waals surface area contributed by atoms with Crippen LogP contribution in [0.3, 0.4) is 0 Å². The fraction of sp³-hybridized carbons (Fsp3) is 0.250. The summed E-state index contributed by atoms with van der Waals surface area (Å²) in [7, 11) is 1.52. The van der Waals surface area contributed by atoms with E-state index < -0.39 is 11.7 Å². The number of pyridine rings is 1. The van der Waals surface area contributed by atoms with Crippen molar-refractivity contribution in [3.8, 4) is 0 Å². The van der Waals surface area contributed by atoms with E-state index >= 15 is 0 Å². The molecular formula is C20H19FIN3O5. The molecule has 0 saturated carbocycles. The van der Waals surface area contributed by atoms with Crippen LogP contribution in [0, 0.1) is 16.3 Å². The summed E-state index contributed by atoms with van der Waals surface area (Å²) >= 11 is 2.01. The van der Waals surface area contributed by atoms with E-state index in [4.69, 9.17) is 14.1 Å². The summed E-state index contributed by atoms with van der Waals surface area (Å²) < 4.78 is 26.7. The Balaban J connectivity index is 2.07. The Bertz CT molecular complexity index is 1170. The minimum absolute atomic E-state index is 0.00743. The number of rotatable bonds is 8. The summed E-state index contributed by atoms with van der Waals surface area (Å²) in [6.07, 6.45) is 1.25. The maximum atomic E-state index is 14.5. The molecule has 0 radical (unpaired) electrons. The molecule has 1 N–H and O–H groups in total. The van der Waals surface area contributed by atoms with E-state index in [9.17, 15) is 14.0 Å². The van der Waals surface area contributed by atoms with E-state index in [0.29, 0.717) is 11.3 Å². The Morgan fingerprint density at radius 1 is 1.43 bits per heavy atom. The Morgan fingerprint density at radius 3 is 2.90 bits per heavy atom. The number of hydrogen-bond donors (Lipinski definition) is 1. The predicted molar refractivity (Wildman–Crippen MR) is 115 cm³/mol. The van der Waals surface area contributed by atoms with Crippen LogP contribution < -0.4 is 11.0 Å². The molecule has 0 aliphatic rings. The number of amides is 1. The highest BCUT2D eigenvalue weighted by Crippen LogP contribution is 2.25. The van der Waals surface area contributed by atoms with Gasteiger partial charge < -0.3 is 13.8 Å². The van der Waals surface area contributed by atoms with Gasteiger partial charge in [-0.05, 0) is 47.2 Å². The number of aryl methyl sites for hydroxylation is 1. The van der Waals surface area contributed by atoms with Crippen molar-refractivity contribution in [1.29, 1.82) is 0 Å². The van der Waals surface area contributed by atoms with Gasteiger partial charge in [-0.15, -0.1) is 0 Å². The van der Waals surface area contributed by atoms with Crippen molar-refractivity contribution in [1.82, 2.24) is 15.2 Å².